The van der Waals surface area contributed by atoms with Crippen molar-refractivity contribution in [2.75, 3.05) is 13.1 Å². The average Bonchev–Trinajstić information content (AvgIpc) is 2.97. The molecule has 0 radical (unpaired) electrons. The predicted octanol–water partition coefficient (Wildman–Crippen LogP) is 15.5. The molecular formula is C36H60F6NP. The van der Waals surface area contributed by atoms with Crippen molar-refractivity contribution in [1.29, 1.82) is 0 Å². The molecule has 8 heteroatoms. The second kappa shape index (κ2) is 20.5. The van der Waals surface area contributed by atoms with Gasteiger partial charge in [-0.1, -0.05) is 153 Å². The van der Waals surface area contributed by atoms with Gasteiger partial charge >= 0.3 is 33.0 Å². The van der Waals surface area contributed by atoms with Crippen molar-refractivity contribution >= 4 is 19.2 Å². The van der Waals surface area contributed by atoms with E-state index in [4.69, 9.17) is 0 Å². The van der Waals surface area contributed by atoms with Gasteiger partial charge in [-0.3, -0.25) is 4.48 Å². The average molecular weight is 652 g/mol. The van der Waals surface area contributed by atoms with Crippen molar-refractivity contribution < 1.29 is 25.2 Å². The molecule has 2 aromatic carbocycles. The van der Waals surface area contributed by atoms with Gasteiger partial charge in [0.1, 0.15) is 11.4 Å². The van der Waals surface area contributed by atoms with Crippen molar-refractivity contribution in [3.05, 3.63) is 60.7 Å². The number of quaternary nitrogens is 1. The first-order chi connectivity index (χ1) is 20.8. The van der Waals surface area contributed by atoms with E-state index in [9.17, 15) is 25.2 Å². The van der Waals surface area contributed by atoms with Gasteiger partial charge in [-0.15, -0.1) is 0 Å². The zero-order valence-corrected chi connectivity index (χ0v) is 28.4. The monoisotopic (exact) mass is 651 g/mol. The van der Waals surface area contributed by atoms with Crippen LogP contribution in [0, 0.1) is 0 Å². The Balaban J connectivity index is 0.00000123. The molecule has 0 heterocycles. The Labute approximate surface area is 264 Å². The van der Waals surface area contributed by atoms with Crippen molar-refractivity contribution in [3.63, 3.8) is 0 Å². The molecule has 0 aliphatic rings. The third-order valence-corrected chi connectivity index (χ3v) is 8.29. The van der Waals surface area contributed by atoms with Gasteiger partial charge in [-0.2, -0.15) is 0 Å². The van der Waals surface area contributed by atoms with Crippen LogP contribution in [0.25, 0.3) is 0 Å². The number of rotatable bonds is 24. The van der Waals surface area contributed by atoms with E-state index in [0.717, 1.165) is 4.48 Å². The zero-order chi connectivity index (χ0) is 32.7. The van der Waals surface area contributed by atoms with Gasteiger partial charge in [0, 0.05) is 0 Å². The molecule has 0 aliphatic heterocycles. The standard InChI is InChI=1S/C36H60N.F6P/c1-3-5-7-9-11-13-15-17-19-27-33-37(35-29-23-21-24-30-35,36-31-25-22-26-32-36)34-28-20-18-16-14-12-10-8-6-4-2;1-7(2,3,4,5)6/h21-26,29-32H,3-20,27-28,33-34H2,1-2H3;/q+1;-1. The van der Waals surface area contributed by atoms with Gasteiger partial charge in [0.25, 0.3) is 0 Å². The second-order valence-corrected chi connectivity index (χ2v) is 14.3. The third-order valence-electron chi connectivity index (χ3n) is 8.29. The Morgan fingerprint density at radius 3 is 0.864 bits per heavy atom. The van der Waals surface area contributed by atoms with Crippen molar-refractivity contribution in [2.45, 2.75) is 142 Å². The fourth-order valence-electron chi connectivity index (χ4n) is 5.94. The van der Waals surface area contributed by atoms with E-state index in [-0.39, 0.29) is 0 Å². The van der Waals surface area contributed by atoms with Crippen molar-refractivity contribution in [2.24, 2.45) is 0 Å². The van der Waals surface area contributed by atoms with Crippen LogP contribution in [0.1, 0.15) is 142 Å². The second-order valence-electron chi connectivity index (χ2n) is 12.4. The molecule has 0 amide bonds. The summed E-state index contributed by atoms with van der Waals surface area (Å²) in [5.74, 6) is 0. The van der Waals surface area contributed by atoms with E-state index in [1.54, 1.807) is 0 Å². The summed E-state index contributed by atoms with van der Waals surface area (Å²) in [4.78, 5) is 0. The summed E-state index contributed by atoms with van der Waals surface area (Å²) >= 11 is 0. The van der Waals surface area contributed by atoms with Crippen LogP contribution in [0.3, 0.4) is 0 Å². The molecule has 2 aromatic rings. The molecule has 2 rings (SSSR count). The topological polar surface area (TPSA) is 0 Å². The summed E-state index contributed by atoms with van der Waals surface area (Å²) < 4.78 is 60.2. The summed E-state index contributed by atoms with van der Waals surface area (Å²) in [6.07, 6.45) is 28.0. The number of benzene rings is 2. The van der Waals surface area contributed by atoms with Gasteiger partial charge in [-0.25, -0.2) is 0 Å². The fraction of sp³-hybridized carbons (Fsp3) is 0.667. The molecule has 0 saturated carbocycles. The molecule has 44 heavy (non-hydrogen) atoms. The molecule has 0 N–H and O–H groups in total. The number of nitrogens with zero attached hydrogens (tertiary/aromatic N) is 1. The SMILES string of the molecule is CCCCCCCCCCCC[N+](CCCCCCCCCCCC)(c1ccccc1)c1ccccc1.F[P-](F)(F)(F)(F)F. The van der Waals surface area contributed by atoms with Crippen LogP contribution in [-0.4, -0.2) is 13.1 Å². The number of hydrogen-bond acceptors (Lipinski definition) is 0. The molecule has 0 unspecified atom stereocenters. The quantitative estimate of drug-likeness (QED) is 0.0459. The van der Waals surface area contributed by atoms with Crippen LogP contribution in [-0.2, 0) is 0 Å². The van der Waals surface area contributed by atoms with Crippen LogP contribution in [0.4, 0.5) is 36.6 Å². The Morgan fingerprint density at radius 2 is 0.614 bits per heavy atom. The Bertz CT molecular complexity index is 875. The van der Waals surface area contributed by atoms with Crippen LogP contribution in [0.2, 0.25) is 0 Å². The molecule has 0 atom stereocenters. The van der Waals surface area contributed by atoms with E-state index in [1.165, 1.54) is 153 Å². The Kier molecular flexibility index (Phi) is 18.9. The number of para-hydroxylation sites is 2. The van der Waals surface area contributed by atoms with Gasteiger partial charge in [0.15, 0.2) is 0 Å². The summed E-state index contributed by atoms with van der Waals surface area (Å²) in [7, 11) is -10.7. The minimum atomic E-state index is -10.7. The van der Waals surface area contributed by atoms with Crippen molar-refractivity contribution in [3.8, 4) is 0 Å². The number of halogens is 6. The number of unbranched alkanes of at least 4 members (excludes halogenated alkanes) is 18. The van der Waals surface area contributed by atoms with Crippen molar-refractivity contribution in [1.82, 2.24) is 4.48 Å². The Morgan fingerprint density at radius 1 is 0.386 bits per heavy atom. The molecule has 0 bridgehead atoms. The van der Waals surface area contributed by atoms with Gasteiger partial charge in [0.2, 0.25) is 0 Å². The maximum absolute atomic E-state index is 10.7. The van der Waals surface area contributed by atoms with E-state index in [0.29, 0.717) is 0 Å². The minimum absolute atomic E-state index is 1.02. The zero-order valence-electron chi connectivity index (χ0n) is 27.5. The van der Waals surface area contributed by atoms with Crippen LogP contribution < -0.4 is 4.48 Å². The first-order valence-electron chi connectivity index (χ1n) is 17.3. The van der Waals surface area contributed by atoms with E-state index < -0.39 is 7.81 Å². The molecule has 0 aromatic heterocycles. The molecule has 0 saturated heterocycles. The summed E-state index contributed by atoms with van der Waals surface area (Å²) in [5.41, 5.74) is 2.95. The molecule has 1 nitrogen and oxygen atoms in total. The van der Waals surface area contributed by atoms with E-state index >= 15 is 0 Å². The van der Waals surface area contributed by atoms with Gasteiger partial charge in [0.05, 0.1) is 13.1 Å². The summed E-state index contributed by atoms with van der Waals surface area (Å²) in [5, 5.41) is 0. The fourth-order valence-corrected chi connectivity index (χ4v) is 5.94. The summed E-state index contributed by atoms with van der Waals surface area (Å²) in [6.45, 7) is 7.06. The van der Waals surface area contributed by atoms with E-state index in [1.807, 2.05) is 0 Å². The first kappa shape index (κ1) is 40.4. The molecule has 0 spiro atoms. The molecule has 256 valence electrons. The van der Waals surface area contributed by atoms with Gasteiger partial charge < -0.3 is 0 Å². The maximum atomic E-state index is 9.87. The Hall–Kier alpha value is -1.59. The third kappa shape index (κ3) is 22.8. The molecule has 0 aliphatic carbocycles. The van der Waals surface area contributed by atoms with Crippen LogP contribution in [0.5, 0.6) is 0 Å². The molecule has 0 fully saturated rings. The summed E-state index contributed by atoms with van der Waals surface area (Å²) in [6, 6.07) is 22.8. The predicted molar refractivity (Wildman–Crippen MR) is 181 cm³/mol. The van der Waals surface area contributed by atoms with E-state index in [2.05, 4.69) is 74.5 Å². The van der Waals surface area contributed by atoms with Crippen LogP contribution in [0.15, 0.2) is 60.7 Å². The first-order valence-corrected chi connectivity index (χ1v) is 19.4. The normalized spacial score (nSPS) is 13.5. The van der Waals surface area contributed by atoms with Crippen LogP contribution >= 0.6 is 7.81 Å². The number of hydrogen-bond donors (Lipinski definition) is 0. The van der Waals surface area contributed by atoms with Gasteiger partial charge in [-0.05, 0) is 49.9 Å². The molecular weight excluding hydrogens is 591 g/mol.